The maximum absolute atomic E-state index is 12.4. The molecular formula is C29H35NO3. The molecule has 0 amide bonds. The zero-order chi connectivity index (χ0) is 23.3. The van der Waals surface area contributed by atoms with Crippen LogP contribution in [0.5, 0.6) is 11.5 Å². The molecule has 0 aliphatic carbocycles. The first-order valence-corrected chi connectivity index (χ1v) is 12.2. The van der Waals surface area contributed by atoms with Gasteiger partial charge in [-0.3, -0.25) is 4.98 Å². The molecule has 0 unspecified atom stereocenters. The molecular weight excluding hydrogens is 410 g/mol. The summed E-state index contributed by atoms with van der Waals surface area (Å²) in [6.45, 7) is 5.04. The largest absolute Gasteiger partial charge is 0.494 e. The van der Waals surface area contributed by atoms with Gasteiger partial charge in [0.25, 0.3) is 0 Å². The smallest absolute Gasteiger partial charge is 0.343 e. The minimum atomic E-state index is -0.369. The lowest BCUT2D eigenvalue weighted by atomic mass is 10.1. The van der Waals surface area contributed by atoms with Gasteiger partial charge in [0.15, 0.2) is 0 Å². The molecule has 0 aliphatic heterocycles. The molecule has 4 heteroatoms. The minimum Gasteiger partial charge on any atom is -0.494 e. The summed E-state index contributed by atoms with van der Waals surface area (Å²) in [5, 5.41) is 0. The molecule has 0 atom stereocenters. The minimum absolute atomic E-state index is 0.369. The first-order valence-electron chi connectivity index (χ1n) is 12.2. The summed E-state index contributed by atoms with van der Waals surface area (Å²) in [5.74, 6) is 0.942. The van der Waals surface area contributed by atoms with Crippen LogP contribution in [0.15, 0.2) is 66.9 Å². The van der Waals surface area contributed by atoms with E-state index in [0.717, 1.165) is 43.5 Å². The number of rotatable bonds is 13. The number of carbonyl (C=O) groups is 1. The van der Waals surface area contributed by atoms with E-state index in [1.807, 2.05) is 30.5 Å². The molecule has 0 N–H and O–H groups in total. The van der Waals surface area contributed by atoms with Crippen LogP contribution in [0, 0.1) is 0 Å². The van der Waals surface area contributed by atoms with Crippen molar-refractivity contribution in [1.82, 2.24) is 4.98 Å². The molecule has 0 fully saturated rings. The van der Waals surface area contributed by atoms with Crippen molar-refractivity contribution < 1.29 is 14.3 Å². The molecule has 0 saturated heterocycles. The van der Waals surface area contributed by atoms with Crippen molar-refractivity contribution in [2.75, 3.05) is 6.61 Å². The molecule has 1 heterocycles. The highest BCUT2D eigenvalue weighted by molar-refractivity contribution is 5.91. The van der Waals surface area contributed by atoms with E-state index in [1.165, 1.54) is 30.4 Å². The van der Waals surface area contributed by atoms with Crippen molar-refractivity contribution in [3.05, 3.63) is 89.2 Å². The third kappa shape index (κ3) is 8.38. The Morgan fingerprint density at radius 3 is 2.09 bits per heavy atom. The molecule has 0 bridgehead atoms. The fraction of sp³-hybridized carbons (Fsp3) is 0.379. The Kier molecular flexibility index (Phi) is 9.96. The van der Waals surface area contributed by atoms with E-state index in [0.29, 0.717) is 17.9 Å². The predicted octanol–water partition coefficient (Wildman–Crippen LogP) is 7.00. The van der Waals surface area contributed by atoms with Gasteiger partial charge in [-0.1, -0.05) is 51.3 Å². The van der Waals surface area contributed by atoms with Gasteiger partial charge in [0.2, 0.25) is 0 Å². The number of carbonyl (C=O) groups excluding carboxylic acids is 1. The fourth-order valence-corrected chi connectivity index (χ4v) is 3.51. The summed E-state index contributed by atoms with van der Waals surface area (Å²) in [6.07, 6.45) is 10.8. The Balaban J connectivity index is 1.45. The maximum atomic E-state index is 12.4. The second kappa shape index (κ2) is 13.4. The van der Waals surface area contributed by atoms with Gasteiger partial charge in [0.05, 0.1) is 12.2 Å². The van der Waals surface area contributed by atoms with Crippen LogP contribution in [-0.4, -0.2) is 17.6 Å². The zero-order valence-corrected chi connectivity index (χ0v) is 19.9. The van der Waals surface area contributed by atoms with Crippen LogP contribution in [0.2, 0.25) is 0 Å². The Bertz CT molecular complexity index is 963. The van der Waals surface area contributed by atoms with Crippen LogP contribution in [0.4, 0.5) is 0 Å². The third-order valence-corrected chi connectivity index (χ3v) is 5.62. The molecule has 0 radical (unpaired) electrons. The van der Waals surface area contributed by atoms with E-state index in [1.54, 1.807) is 24.3 Å². The Morgan fingerprint density at radius 2 is 1.42 bits per heavy atom. The van der Waals surface area contributed by atoms with Gasteiger partial charge in [0.1, 0.15) is 11.5 Å². The third-order valence-electron chi connectivity index (χ3n) is 5.62. The molecule has 0 aliphatic rings. The molecule has 1 aromatic heterocycles. The lowest BCUT2D eigenvalue weighted by molar-refractivity contribution is 0.0734. The zero-order valence-electron chi connectivity index (χ0n) is 19.9. The monoisotopic (exact) mass is 445 g/mol. The molecule has 33 heavy (non-hydrogen) atoms. The number of benzene rings is 2. The van der Waals surface area contributed by atoms with E-state index in [-0.39, 0.29) is 5.97 Å². The quantitative estimate of drug-likeness (QED) is 0.161. The summed E-state index contributed by atoms with van der Waals surface area (Å²) >= 11 is 0. The second-order valence-corrected chi connectivity index (χ2v) is 8.37. The van der Waals surface area contributed by atoms with E-state index in [4.69, 9.17) is 9.47 Å². The first kappa shape index (κ1) is 24.5. The number of unbranched alkanes of at least 4 members (excludes halogenated alkanes) is 3. The Morgan fingerprint density at radius 1 is 0.727 bits per heavy atom. The Hall–Kier alpha value is -3.14. The molecule has 4 nitrogen and oxygen atoms in total. The van der Waals surface area contributed by atoms with Gasteiger partial charge in [-0.2, -0.15) is 0 Å². The summed E-state index contributed by atoms with van der Waals surface area (Å²) in [6, 6.07) is 19.1. The van der Waals surface area contributed by atoms with Crippen LogP contribution >= 0.6 is 0 Å². The van der Waals surface area contributed by atoms with Crippen LogP contribution < -0.4 is 9.47 Å². The van der Waals surface area contributed by atoms with Gasteiger partial charge < -0.3 is 9.47 Å². The lowest BCUT2D eigenvalue weighted by Crippen LogP contribution is -2.08. The predicted molar refractivity (Wildman–Crippen MR) is 133 cm³/mol. The number of nitrogens with zero attached hydrogens (tertiary/aromatic N) is 1. The van der Waals surface area contributed by atoms with Gasteiger partial charge in [0, 0.05) is 11.9 Å². The van der Waals surface area contributed by atoms with Gasteiger partial charge in [-0.15, -0.1) is 0 Å². The summed E-state index contributed by atoms with van der Waals surface area (Å²) in [7, 11) is 0. The highest BCUT2D eigenvalue weighted by Gasteiger charge is 2.09. The van der Waals surface area contributed by atoms with E-state index in [2.05, 4.69) is 31.0 Å². The summed E-state index contributed by atoms with van der Waals surface area (Å²) < 4.78 is 11.2. The number of aryl methyl sites for hydroxylation is 3. The standard InChI is InChI=1S/C29H35NO3/c1-3-5-7-8-24-10-16-26(30-22-24)15-9-23-11-17-28(18-12-23)33-29(31)25-13-19-27(20-14-25)32-21-6-4-2/h10-14,16-20,22H,3-9,15,21H2,1-2H3. The highest BCUT2D eigenvalue weighted by atomic mass is 16.5. The van der Waals surface area contributed by atoms with E-state index < -0.39 is 0 Å². The molecule has 174 valence electrons. The second-order valence-electron chi connectivity index (χ2n) is 8.37. The average molecular weight is 446 g/mol. The van der Waals surface area contributed by atoms with Crippen molar-refractivity contribution in [3.8, 4) is 11.5 Å². The van der Waals surface area contributed by atoms with E-state index in [9.17, 15) is 4.79 Å². The van der Waals surface area contributed by atoms with Crippen molar-refractivity contribution in [2.24, 2.45) is 0 Å². The van der Waals surface area contributed by atoms with Crippen molar-refractivity contribution >= 4 is 5.97 Å². The molecule has 3 aromatic rings. The summed E-state index contributed by atoms with van der Waals surface area (Å²) in [4.78, 5) is 17.0. The van der Waals surface area contributed by atoms with Crippen LogP contribution in [0.25, 0.3) is 0 Å². The van der Waals surface area contributed by atoms with Crippen LogP contribution in [0.3, 0.4) is 0 Å². The lowest BCUT2D eigenvalue weighted by Gasteiger charge is -2.08. The summed E-state index contributed by atoms with van der Waals surface area (Å²) in [5.41, 5.74) is 4.12. The van der Waals surface area contributed by atoms with Gasteiger partial charge in [-0.25, -0.2) is 4.79 Å². The molecule has 0 spiro atoms. The molecule has 0 saturated carbocycles. The normalized spacial score (nSPS) is 10.7. The highest BCUT2D eigenvalue weighted by Crippen LogP contribution is 2.18. The number of hydrogen-bond donors (Lipinski definition) is 0. The number of aromatic nitrogens is 1. The van der Waals surface area contributed by atoms with Crippen molar-refractivity contribution in [1.29, 1.82) is 0 Å². The number of esters is 1. The maximum Gasteiger partial charge on any atom is 0.343 e. The average Bonchev–Trinajstić information content (AvgIpc) is 2.85. The SMILES string of the molecule is CCCCCc1ccc(CCc2ccc(OC(=O)c3ccc(OCCCC)cc3)cc2)nc1. The number of pyridine rings is 1. The number of hydrogen-bond acceptors (Lipinski definition) is 4. The topological polar surface area (TPSA) is 48.4 Å². The van der Waals surface area contributed by atoms with Gasteiger partial charge in [-0.05, 0) is 85.7 Å². The Labute approximate surface area is 198 Å². The molecule has 2 aromatic carbocycles. The fourth-order valence-electron chi connectivity index (χ4n) is 3.51. The van der Waals surface area contributed by atoms with Crippen LogP contribution in [0.1, 0.15) is 73.1 Å². The number of ether oxygens (including phenoxy) is 2. The molecule has 3 rings (SSSR count). The van der Waals surface area contributed by atoms with Crippen LogP contribution in [-0.2, 0) is 19.3 Å². The van der Waals surface area contributed by atoms with Gasteiger partial charge >= 0.3 is 5.97 Å². The van der Waals surface area contributed by atoms with E-state index >= 15 is 0 Å². The van der Waals surface area contributed by atoms with Crippen molar-refractivity contribution in [2.45, 2.75) is 65.2 Å². The first-order chi connectivity index (χ1) is 16.2. The van der Waals surface area contributed by atoms with Crippen molar-refractivity contribution in [3.63, 3.8) is 0 Å².